The first kappa shape index (κ1) is 15.8. The average molecular weight is 311 g/mol. The van der Waals surface area contributed by atoms with Crippen LogP contribution >= 0.6 is 23.2 Å². The van der Waals surface area contributed by atoms with E-state index in [4.69, 9.17) is 23.2 Å². The van der Waals surface area contributed by atoms with Gasteiger partial charge in [0.15, 0.2) is 9.84 Å². The number of aliphatic hydroxyl groups is 1. The highest BCUT2D eigenvalue weighted by atomic mass is 35.5. The van der Waals surface area contributed by atoms with Crippen LogP contribution in [0.4, 0.5) is 0 Å². The Kier molecular flexibility index (Phi) is 4.70. The molecule has 0 saturated carbocycles. The third-order valence-corrected chi connectivity index (χ3v) is 5.70. The third-order valence-electron chi connectivity index (χ3n) is 2.51. The van der Waals surface area contributed by atoms with Gasteiger partial charge in [-0.3, -0.25) is 0 Å². The number of sulfone groups is 1. The van der Waals surface area contributed by atoms with Gasteiger partial charge >= 0.3 is 0 Å². The van der Waals surface area contributed by atoms with Crippen molar-refractivity contribution in [2.45, 2.75) is 31.6 Å². The van der Waals surface area contributed by atoms with Crippen molar-refractivity contribution in [3.05, 3.63) is 33.8 Å². The minimum absolute atomic E-state index is 0.304. The Hall–Kier alpha value is -0.290. The predicted molar refractivity (Wildman–Crippen MR) is 75.0 cm³/mol. The molecule has 0 aliphatic rings. The fourth-order valence-electron chi connectivity index (χ4n) is 1.59. The summed E-state index contributed by atoms with van der Waals surface area (Å²) >= 11 is 11.6. The van der Waals surface area contributed by atoms with Gasteiger partial charge < -0.3 is 5.11 Å². The van der Waals surface area contributed by atoms with E-state index >= 15 is 0 Å². The molecule has 0 radical (unpaired) electrons. The zero-order valence-electron chi connectivity index (χ0n) is 10.4. The lowest BCUT2D eigenvalue weighted by atomic mass is 10.2. The van der Waals surface area contributed by atoms with E-state index in [0.29, 0.717) is 15.6 Å². The van der Waals surface area contributed by atoms with Crippen molar-refractivity contribution in [1.82, 2.24) is 0 Å². The number of hydrogen-bond donors (Lipinski definition) is 1. The van der Waals surface area contributed by atoms with Gasteiger partial charge in [0.1, 0.15) is 0 Å². The van der Waals surface area contributed by atoms with Crippen LogP contribution in [0.2, 0.25) is 10.0 Å². The molecule has 0 aliphatic heterocycles. The summed E-state index contributed by atoms with van der Waals surface area (Å²) in [5, 5.41) is 9.59. The van der Waals surface area contributed by atoms with Crippen molar-refractivity contribution in [2.24, 2.45) is 0 Å². The van der Waals surface area contributed by atoms with Crippen LogP contribution in [0.25, 0.3) is 0 Å². The Morgan fingerprint density at radius 1 is 1.28 bits per heavy atom. The molecule has 0 spiro atoms. The highest BCUT2D eigenvalue weighted by molar-refractivity contribution is 7.91. The van der Waals surface area contributed by atoms with E-state index in [1.165, 1.54) is 19.9 Å². The molecule has 102 valence electrons. The summed E-state index contributed by atoms with van der Waals surface area (Å²) in [6, 6.07) is 4.73. The largest absolute Gasteiger partial charge is 0.389 e. The predicted octanol–water partition coefficient (Wildman–Crippen LogP) is 3.24. The summed E-state index contributed by atoms with van der Waals surface area (Å²) in [6.45, 7) is 4.50. The molecule has 1 atom stereocenters. The van der Waals surface area contributed by atoms with E-state index in [1.54, 1.807) is 19.1 Å². The molecular formula is C12H16Cl2O3S. The highest BCUT2D eigenvalue weighted by Crippen LogP contribution is 2.30. The van der Waals surface area contributed by atoms with E-state index in [1.807, 2.05) is 0 Å². The molecule has 1 N–H and O–H groups in total. The Morgan fingerprint density at radius 3 is 2.28 bits per heavy atom. The van der Waals surface area contributed by atoms with Crippen LogP contribution in [-0.4, -0.2) is 24.9 Å². The normalized spacial score (nSPS) is 14.6. The Labute approximate surface area is 118 Å². The van der Waals surface area contributed by atoms with E-state index in [2.05, 4.69) is 0 Å². The smallest absolute Gasteiger partial charge is 0.159 e. The number of rotatable bonds is 4. The maximum Gasteiger partial charge on any atom is 0.159 e. The lowest BCUT2D eigenvalue weighted by Crippen LogP contribution is -2.32. The van der Waals surface area contributed by atoms with Crippen molar-refractivity contribution in [1.29, 1.82) is 0 Å². The SMILES string of the molecule is CC(c1ccc(Cl)c(Cl)c1)S(=O)(=O)CC(C)(C)O. The van der Waals surface area contributed by atoms with Gasteiger partial charge in [0, 0.05) is 0 Å². The molecule has 1 unspecified atom stereocenters. The summed E-state index contributed by atoms with van der Waals surface area (Å²) in [5.41, 5.74) is -0.697. The quantitative estimate of drug-likeness (QED) is 0.929. The van der Waals surface area contributed by atoms with Gasteiger partial charge in [-0.2, -0.15) is 0 Å². The first-order valence-corrected chi connectivity index (χ1v) is 7.89. The van der Waals surface area contributed by atoms with Gasteiger partial charge in [-0.15, -0.1) is 0 Å². The summed E-state index contributed by atoms with van der Waals surface area (Å²) < 4.78 is 24.2. The molecule has 0 saturated heterocycles. The molecule has 1 aromatic rings. The molecule has 0 amide bonds. The maximum atomic E-state index is 12.1. The van der Waals surface area contributed by atoms with Crippen LogP contribution in [0.3, 0.4) is 0 Å². The van der Waals surface area contributed by atoms with Gasteiger partial charge in [0.25, 0.3) is 0 Å². The van der Waals surface area contributed by atoms with Crippen LogP contribution < -0.4 is 0 Å². The minimum Gasteiger partial charge on any atom is -0.389 e. The number of halogens is 2. The zero-order chi connectivity index (χ0) is 14.1. The second-order valence-corrected chi connectivity index (χ2v) is 8.07. The molecule has 0 bridgehead atoms. The van der Waals surface area contributed by atoms with E-state index in [0.717, 1.165) is 0 Å². The van der Waals surface area contributed by atoms with Gasteiger partial charge in [-0.05, 0) is 38.5 Å². The summed E-state index contributed by atoms with van der Waals surface area (Å²) in [5.74, 6) is -0.304. The van der Waals surface area contributed by atoms with Gasteiger partial charge in [0.2, 0.25) is 0 Å². The third kappa shape index (κ3) is 4.12. The van der Waals surface area contributed by atoms with Gasteiger partial charge in [-0.1, -0.05) is 29.3 Å². The topological polar surface area (TPSA) is 54.4 Å². The van der Waals surface area contributed by atoms with Crippen LogP contribution in [0.5, 0.6) is 0 Å². The molecule has 0 aliphatic carbocycles. The number of hydrogen-bond acceptors (Lipinski definition) is 3. The van der Waals surface area contributed by atoms with Crippen molar-refractivity contribution < 1.29 is 13.5 Å². The van der Waals surface area contributed by atoms with E-state index in [-0.39, 0.29) is 5.75 Å². The first-order chi connectivity index (χ1) is 8.03. The average Bonchev–Trinajstić information content (AvgIpc) is 2.17. The Bertz CT molecular complexity index is 533. The molecule has 3 nitrogen and oxygen atoms in total. The fourth-order valence-corrected chi connectivity index (χ4v) is 3.69. The van der Waals surface area contributed by atoms with Gasteiger partial charge in [0.05, 0.1) is 26.6 Å². The summed E-state index contributed by atoms with van der Waals surface area (Å²) in [4.78, 5) is 0. The van der Waals surface area contributed by atoms with Gasteiger partial charge in [-0.25, -0.2) is 8.42 Å². The molecule has 1 aromatic carbocycles. The molecular weight excluding hydrogens is 295 g/mol. The fraction of sp³-hybridized carbons (Fsp3) is 0.500. The monoisotopic (exact) mass is 310 g/mol. The van der Waals surface area contributed by atoms with Crippen LogP contribution in [0, 0.1) is 0 Å². The maximum absolute atomic E-state index is 12.1. The second-order valence-electron chi connectivity index (χ2n) is 4.94. The lowest BCUT2D eigenvalue weighted by Gasteiger charge is -2.21. The summed E-state index contributed by atoms with van der Waals surface area (Å²) in [7, 11) is -3.45. The standard InChI is InChI=1S/C12H16Cl2O3S/c1-8(18(16,17)7-12(2,3)15)9-4-5-10(13)11(14)6-9/h4-6,8,15H,7H2,1-3H3. The minimum atomic E-state index is -3.45. The van der Waals surface area contributed by atoms with E-state index in [9.17, 15) is 13.5 Å². The highest BCUT2D eigenvalue weighted by Gasteiger charge is 2.29. The lowest BCUT2D eigenvalue weighted by molar-refractivity contribution is 0.105. The zero-order valence-corrected chi connectivity index (χ0v) is 12.8. The van der Waals surface area contributed by atoms with Crippen molar-refractivity contribution >= 4 is 33.0 Å². The van der Waals surface area contributed by atoms with Crippen molar-refractivity contribution in [3.8, 4) is 0 Å². The molecule has 18 heavy (non-hydrogen) atoms. The van der Waals surface area contributed by atoms with Crippen molar-refractivity contribution in [3.63, 3.8) is 0 Å². The molecule has 0 fully saturated rings. The Balaban J connectivity index is 3.06. The molecule has 1 rings (SSSR count). The van der Waals surface area contributed by atoms with E-state index < -0.39 is 20.7 Å². The van der Waals surface area contributed by atoms with Crippen LogP contribution in [0.1, 0.15) is 31.6 Å². The molecule has 6 heteroatoms. The van der Waals surface area contributed by atoms with Crippen LogP contribution in [-0.2, 0) is 9.84 Å². The first-order valence-electron chi connectivity index (χ1n) is 5.42. The summed E-state index contributed by atoms with van der Waals surface area (Å²) in [6.07, 6.45) is 0. The number of benzene rings is 1. The van der Waals surface area contributed by atoms with Crippen LogP contribution in [0.15, 0.2) is 18.2 Å². The second kappa shape index (κ2) is 5.37. The molecule has 0 aromatic heterocycles. The van der Waals surface area contributed by atoms with Crippen molar-refractivity contribution in [2.75, 3.05) is 5.75 Å². The molecule has 0 heterocycles. The Morgan fingerprint density at radius 2 is 1.83 bits per heavy atom.